The summed E-state index contributed by atoms with van der Waals surface area (Å²) in [5.74, 6) is 0.173. The van der Waals surface area contributed by atoms with Crippen LogP contribution in [0.3, 0.4) is 0 Å². The molecule has 1 fully saturated rings. The molecule has 33 heavy (non-hydrogen) atoms. The fourth-order valence-corrected chi connectivity index (χ4v) is 4.30. The van der Waals surface area contributed by atoms with Gasteiger partial charge in [-0.05, 0) is 45.0 Å². The Morgan fingerprint density at radius 2 is 1.85 bits per heavy atom. The summed E-state index contributed by atoms with van der Waals surface area (Å²) in [7, 11) is 4.01. The SMILES string of the molecule is CC(CN(C)C)n1cc(C(=O)NC(=N)C2(c3ccc(-c4cnc(N)nc4)cc3)CCC2)cn1. The third-order valence-corrected chi connectivity index (χ3v) is 6.31. The zero-order valence-corrected chi connectivity index (χ0v) is 19.2. The predicted molar refractivity (Wildman–Crippen MR) is 128 cm³/mol. The first-order valence-corrected chi connectivity index (χ1v) is 11.1. The van der Waals surface area contributed by atoms with Gasteiger partial charge in [0.2, 0.25) is 5.95 Å². The molecule has 1 aliphatic carbocycles. The lowest BCUT2D eigenvalue weighted by molar-refractivity contribution is 0.0972. The number of aromatic nitrogens is 4. The molecule has 1 aromatic carbocycles. The van der Waals surface area contributed by atoms with Gasteiger partial charge in [-0.1, -0.05) is 30.7 Å². The zero-order chi connectivity index (χ0) is 23.6. The number of nitrogens with zero attached hydrogens (tertiary/aromatic N) is 5. The van der Waals surface area contributed by atoms with E-state index in [9.17, 15) is 4.79 Å². The second-order valence-electron chi connectivity index (χ2n) is 8.99. The van der Waals surface area contributed by atoms with Crippen molar-refractivity contribution in [3.63, 3.8) is 0 Å². The van der Waals surface area contributed by atoms with Crippen LogP contribution in [0.25, 0.3) is 11.1 Å². The molecule has 2 heterocycles. The minimum Gasteiger partial charge on any atom is -0.368 e. The number of benzene rings is 1. The van der Waals surface area contributed by atoms with E-state index in [0.717, 1.165) is 42.5 Å². The number of carbonyl (C=O) groups excluding carboxylic acids is 1. The van der Waals surface area contributed by atoms with Gasteiger partial charge in [0.05, 0.1) is 23.2 Å². The third kappa shape index (κ3) is 4.63. The van der Waals surface area contributed by atoms with Crippen LogP contribution in [0.15, 0.2) is 49.1 Å². The van der Waals surface area contributed by atoms with Crippen molar-refractivity contribution in [3.8, 4) is 11.1 Å². The van der Waals surface area contributed by atoms with E-state index in [4.69, 9.17) is 11.1 Å². The number of anilines is 1. The summed E-state index contributed by atoms with van der Waals surface area (Å²) in [6.45, 7) is 2.88. The van der Waals surface area contributed by atoms with Gasteiger partial charge in [0.1, 0.15) is 5.84 Å². The Labute approximate surface area is 193 Å². The molecule has 3 aromatic rings. The number of likely N-dealkylation sites (N-methyl/N-ethyl adjacent to an activating group) is 1. The molecule has 1 amide bonds. The molecule has 4 N–H and O–H groups in total. The van der Waals surface area contributed by atoms with E-state index in [0.29, 0.717) is 5.56 Å². The topological polar surface area (TPSA) is 126 Å². The van der Waals surface area contributed by atoms with Crippen molar-refractivity contribution in [2.75, 3.05) is 26.4 Å². The summed E-state index contributed by atoms with van der Waals surface area (Å²) in [4.78, 5) is 23.0. The first-order chi connectivity index (χ1) is 15.8. The predicted octanol–water partition coefficient (Wildman–Crippen LogP) is 2.87. The molecule has 1 aliphatic rings. The fraction of sp³-hybridized carbons (Fsp3) is 0.375. The Bertz CT molecular complexity index is 1130. The van der Waals surface area contributed by atoms with E-state index in [-0.39, 0.29) is 23.7 Å². The molecule has 9 nitrogen and oxygen atoms in total. The van der Waals surface area contributed by atoms with Gasteiger partial charge < -0.3 is 16.0 Å². The van der Waals surface area contributed by atoms with Crippen LogP contribution in [-0.4, -0.2) is 57.0 Å². The van der Waals surface area contributed by atoms with Crippen molar-refractivity contribution in [1.82, 2.24) is 30.0 Å². The zero-order valence-electron chi connectivity index (χ0n) is 19.2. The molecule has 0 radical (unpaired) electrons. The Kier molecular flexibility index (Phi) is 6.24. The van der Waals surface area contributed by atoms with E-state index in [1.54, 1.807) is 29.5 Å². The molecular weight excluding hydrogens is 416 g/mol. The average Bonchev–Trinajstić information content (AvgIpc) is 3.24. The van der Waals surface area contributed by atoms with Gasteiger partial charge in [-0.2, -0.15) is 5.10 Å². The largest absolute Gasteiger partial charge is 0.368 e. The van der Waals surface area contributed by atoms with Gasteiger partial charge >= 0.3 is 0 Å². The molecule has 0 spiro atoms. The van der Waals surface area contributed by atoms with Gasteiger partial charge in [-0.15, -0.1) is 0 Å². The second kappa shape index (κ2) is 9.11. The Morgan fingerprint density at radius 3 is 2.42 bits per heavy atom. The maximum atomic E-state index is 12.9. The Morgan fingerprint density at radius 1 is 1.18 bits per heavy atom. The highest BCUT2D eigenvalue weighted by Gasteiger charge is 2.43. The van der Waals surface area contributed by atoms with Crippen LogP contribution in [0.4, 0.5) is 5.95 Å². The molecule has 9 heteroatoms. The lowest BCUT2D eigenvalue weighted by Crippen LogP contribution is -2.50. The molecule has 4 rings (SSSR count). The van der Waals surface area contributed by atoms with E-state index in [1.807, 2.05) is 38.4 Å². The average molecular weight is 447 g/mol. The van der Waals surface area contributed by atoms with Gasteiger partial charge in [-0.25, -0.2) is 9.97 Å². The van der Waals surface area contributed by atoms with Crippen LogP contribution in [0, 0.1) is 5.41 Å². The maximum Gasteiger partial charge on any atom is 0.259 e. The van der Waals surface area contributed by atoms with Crippen molar-refractivity contribution >= 4 is 17.7 Å². The van der Waals surface area contributed by atoms with Crippen LogP contribution >= 0.6 is 0 Å². The van der Waals surface area contributed by atoms with E-state index in [2.05, 4.69) is 32.2 Å². The highest BCUT2D eigenvalue weighted by molar-refractivity contribution is 6.09. The van der Waals surface area contributed by atoms with Crippen LogP contribution in [0.1, 0.15) is 48.1 Å². The number of rotatable bonds is 7. The maximum absolute atomic E-state index is 12.9. The van der Waals surface area contributed by atoms with E-state index in [1.165, 1.54) is 0 Å². The number of amides is 1. The van der Waals surface area contributed by atoms with Gasteiger partial charge in [0.25, 0.3) is 5.91 Å². The molecular formula is C24H30N8O. The quantitative estimate of drug-likeness (QED) is 0.378. The Balaban J connectivity index is 1.47. The lowest BCUT2D eigenvalue weighted by atomic mass is 9.63. The molecule has 172 valence electrons. The summed E-state index contributed by atoms with van der Waals surface area (Å²) in [6.07, 6.45) is 9.37. The van der Waals surface area contributed by atoms with Crippen molar-refractivity contribution in [2.24, 2.45) is 0 Å². The molecule has 0 saturated heterocycles. The van der Waals surface area contributed by atoms with E-state index < -0.39 is 5.41 Å². The van der Waals surface area contributed by atoms with Crippen molar-refractivity contribution in [2.45, 2.75) is 37.6 Å². The van der Waals surface area contributed by atoms with Gasteiger partial charge in [0, 0.05) is 30.7 Å². The minimum absolute atomic E-state index is 0.143. The highest BCUT2D eigenvalue weighted by atomic mass is 16.1. The van der Waals surface area contributed by atoms with Crippen LogP contribution < -0.4 is 11.1 Å². The smallest absolute Gasteiger partial charge is 0.259 e. The molecule has 1 atom stereocenters. The van der Waals surface area contributed by atoms with Gasteiger partial charge in [-0.3, -0.25) is 14.9 Å². The normalized spacial score (nSPS) is 15.6. The molecule has 0 aliphatic heterocycles. The second-order valence-corrected chi connectivity index (χ2v) is 8.99. The van der Waals surface area contributed by atoms with E-state index >= 15 is 0 Å². The molecule has 2 aromatic heterocycles. The standard InChI is InChI=1S/C24H30N8O/c1-16(14-31(2)3)32-15-19(13-29-32)21(33)30-22(25)24(9-4-10-24)20-7-5-17(6-8-20)18-11-27-23(26)28-12-18/h5-8,11-13,15-16H,4,9-10,14H2,1-3H3,(H2,25,30,33)(H2,26,27,28). The number of amidine groups is 1. The molecule has 0 bridgehead atoms. The number of nitrogens with one attached hydrogen (secondary N) is 2. The monoisotopic (exact) mass is 446 g/mol. The first-order valence-electron chi connectivity index (χ1n) is 11.1. The third-order valence-electron chi connectivity index (χ3n) is 6.31. The summed E-state index contributed by atoms with van der Waals surface area (Å²) < 4.78 is 1.79. The summed E-state index contributed by atoms with van der Waals surface area (Å²) >= 11 is 0. The van der Waals surface area contributed by atoms with Crippen molar-refractivity contribution in [1.29, 1.82) is 5.41 Å². The van der Waals surface area contributed by atoms with Crippen molar-refractivity contribution in [3.05, 3.63) is 60.2 Å². The summed E-state index contributed by atoms with van der Waals surface area (Å²) in [5.41, 5.74) is 8.43. The number of hydrogen-bond acceptors (Lipinski definition) is 7. The molecule has 1 saturated carbocycles. The minimum atomic E-state index is -0.472. The number of nitrogens with two attached hydrogens (primary N) is 1. The molecule has 1 unspecified atom stereocenters. The lowest BCUT2D eigenvalue weighted by Gasteiger charge is -2.42. The number of hydrogen-bond donors (Lipinski definition) is 3. The van der Waals surface area contributed by atoms with Crippen LogP contribution in [-0.2, 0) is 5.41 Å². The summed E-state index contributed by atoms with van der Waals surface area (Å²) in [5, 5.41) is 15.9. The Hall–Kier alpha value is -3.59. The van der Waals surface area contributed by atoms with Crippen LogP contribution in [0.2, 0.25) is 0 Å². The van der Waals surface area contributed by atoms with Crippen molar-refractivity contribution < 1.29 is 4.79 Å². The van der Waals surface area contributed by atoms with Gasteiger partial charge in [0.15, 0.2) is 0 Å². The van der Waals surface area contributed by atoms with Crippen LogP contribution in [0.5, 0.6) is 0 Å². The fourth-order valence-electron chi connectivity index (χ4n) is 4.30. The highest BCUT2D eigenvalue weighted by Crippen LogP contribution is 2.44. The number of carbonyl (C=O) groups is 1. The first kappa shape index (κ1) is 22.6. The number of nitrogen functional groups attached to an aromatic ring is 1. The summed E-state index contributed by atoms with van der Waals surface area (Å²) in [6, 6.07) is 8.17.